The number of aromatic nitrogens is 2. The zero-order valence-corrected chi connectivity index (χ0v) is 7.07. The van der Waals surface area contributed by atoms with Crippen LogP contribution in [0.5, 0.6) is 0 Å². The van der Waals surface area contributed by atoms with E-state index in [1.54, 1.807) is 29.2 Å². The van der Waals surface area contributed by atoms with E-state index in [2.05, 4.69) is 23.2 Å². The van der Waals surface area contributed by atoms with Crippen molar-refractivity contribution >= 4 is 12.3 Å². The summed E-state index contributed by atoms with van der Waals surface area (Å²) in [6.45, 7) is 9.10. The van der Waals surface area contributed by atoms with E-state index in [1.165, 1.54) is 0 Å². The minimum absolute atomic E-state index is 0.741. The van der Waals surface area contributed by atoms with E-state index in [0.29, 0.717) is 0 Å². The Morgan fingerprint density at radius 2 is 2.33 bits per heavy atom. The molecule has 0 aromatic carbocycles. The van der Waals surface area contributed by atoms with Crippen LogP contribution in [0.4, 0.5) is 0 Å². The average molecular weight is 161 g/mol. The highest BCUT2D eigenvalue weighted by atomic mass is 15.4. The molecule has 12 heavy (non-hydrogen) atoms. The van der Waals surface area contributed by atoms with Gasteiger partial charge in [0.15, 0.2) is 5.82 Å². The summed E-state index contributed by atoms with van der Waals surface area (Å²) < 4.78 is 1.70. The lowest BCUT2D eigenvalue weighted by Gasteiger charge is -1.97. The Balaban J connectivity index is 3.09. The summed E-state index contributed by atoms with van der Waals surface area (Å²) in [5.74, 6) is 0.741. The first-order valence-electron chi connectivity index (χ1n) is 3.61. The van der Waals surface area contributed by atoms with Gasteiger partial charge in [0, 0.05) is 6.21 Å². The van der Waals surface area contributed by atoms with Gasteiger partial charge < -0.3 is 0 Å². The molecule has 0 aliphatic rings. The van der Waals surface area contributed by atoms with Crippen LogP contribution in [0.15, 0.2) is 30.5 Å². The van der Waals surface area contributed by atoms with E-state index in [9.17, 15) is 0 Å². The van der Waals surface area contributed by atoms with Crippen molar-refractivity contribution in [2.45, 2.75) is 6.92 Å². The minimum atomic E-state index is 0.741. The lowest BCUT2D eigenvalue weighted by Crippen LogP contribution is -1.94. The van der Waals surface area contributed by atoms with Gasteiger partial charge in [0.1, 0.15) is 0 Å². The van der Waals surface area contributed by atoms with E-state index in [4.69, 9.17) is 0 Å². The fraction of sp³-hybridized carbons (Fsp3) is 0.111. The Bertz CT molecular complexity index is 321. The third-order valence-corrected chi connectivity index (χ3v) is 1.40. The van der Waals surface area contributed by atoms with Gasteiger partial charge >= 0.3 is 0 Å². The van der Waals surface area contributed by atoms with Crippen LogP contribution in [0.3, 0.4) is 0 Å². The molecule has 0 bridgehead atoms. The summed E-state index contributed by atoms with van der Waals surface area (Å²) in [4.78, 5) is 4.08. The van der Waals surface area contributed by atoms with Crippen LogP contribution < -0.4 is 0 Å². The van der Waals surface area contributed by atoms with Gasteiger partial charge in [-0.3, -0.25) is 0 Å². The molecule has 0 saturated carbocycles. The van der Waals surface area contributed by atoms with E-state index < -0.39 is 0 Å². The molecular formula is C9H11N3. The van der Waals surface area contributed by atoms with Crippen LogP contribution in [0, 0.1) is 6.92 Å². The van der Waals surface area contributed by atoms with Gasteiger partial charge in [0.05, 0.1) is 11.9 Å². The maximum absolute atomic E-state index is 4.09. The zero-order chi connectivity index (χ0) is 8.97. The highest BCUT2D eigenvalue weighted by molar-refractivity contribution is 5.70. The predicted octanol–water partition coefficient (Wildman–Crippen LogP) is 1.85. The van der Waals surface area contributed by atoms with Crippen molar-refractivity contribution in [2.75, 3.05) is 0 Å². The molecule has 0 spiro atoms. The van der Waals surface area contributed by atoms with Crippen LogP contribution in [0.1, 0.15) is 11.5 Å². The standard InChI is InChI=1S/C9H11N3/c1-4-6-11-12-8(3)7-10-9(12)5-2/h4-7H,1-2H2,3H3/b11-6-. The molecule has 62 valence electrons. The average Bonchev–Trinajstić information content (AvgIpc) is 2.43. The second-order valence-corrected chi connectivity index (χ2v) is 2.27. The summed E-state index contributed by atoms with van der Waals surface area (Å²) in [6.07, 6.45) is 6.64. The van der Waals surface area contributed by atoms with Gasteiger partial charge in [-0.05, 0) is 19.1 Å². The molecule has 0 fully saturated rings. The van der Waals surface area contributed by atoms with Crippen LogP contribution in [-0.4, -0.2) is 15.9 Å². The molecule has 0 amide bonds. The molecule has 0 saturated heterocycles. The number of hydrogen-bond acceptors (Lipinski definition) is 2. The Morgan fingerprint density at radius 1 is 1.58 bits per heavy atom. The van der Waals surface area contributed by atoms with Crippen molar-refractivity contribution in [3.05, 3.63) is 36.9 Å². The minimum Gasteiger partial charge on any atom is -0.235 e. The van der Waals surface area contributed by atoms with E-state index in [0.717, 1.165) is 11.5 Å². The Labute approximate surface area is 71.7 Å². The third-order valence-electron chi connectivity index (χ3n) is 1.40. The van der Waals surface area contributed by atoms with Crippen molar-refractivity contribution in [3.8, 4) is 0 Å². The lowest BCUT2D eigenvalue weighted by molar-refractivity contribution is 0.834. The van der Waals surface area contributed by atoms with E-state index in [-0.39, 0.29) is 0 Å². The van der Waals surface area contributed by atoms with Crippen molar-refractivity contribution in [3.63, 3.8) is 0 Å². The van der Waals surface area contributed by atoms with Gasteiger partial charge in [-0.25, -0.2) is 9.66 Å². The molecule has 3 heteroatoms. The molecule has 0 aliphatic carbocycles. The first-order valence-corrected chi connectivity index (χ1v) is 3.61. The second-order valence-electron chi connectivity index (χ2n) is 2.27. The quantitative estimate of drug-likeness (QED) is 0.622. The molecule has 1 heterocycles. The highest BCUT2D eigenvalue weighted by Crippen LogP contribution is 2.04. The van der Waals surface area contributed by atoms with Crippen LogP contribution in [-0.2, 0) is 0 Å². The van der Waals surface area contributed by atoms with E-state index in [1.807, 2.05) is 6.92 Å². The number of nitrogens with zero attached hydrogens (tertiary/aromatic N) is 3. The number of hydrogen-bond donors (Lipinski definition) is 0. The first kappa shape index (κ1) is 8.46. The van der Waals surface area contributed by atoms with Crippen molar-refractivity contribution in [1.29, 1.82) is 0 Å². The van der Waals surface area contributed by atoms with Crippen LogP contribution in [0.25, 0.3) is 6.08 Å². The molecular weight excluding hydrogens is 150 g/mol. The van der Waals surface area contributed by atoms with Crippen molar-refractivity contribution in [1.82, 2.24) is 9.66 Å². The summed E-state index contributed by atoms with van der Waals surface area (Å²) >= 11 is 0. The van der Waals surface area contributed by atoms with Crippen molar-refractivity contribution < 1.29 is 0 Å². The van der Waals surface area contributed by atoms with E-state index >= 15 is 0 Å². The SMILES string of the molecule is C=C/C=N\n1c(C)cnc1C=C. The topological polar surface area (TPSA) is 30.2 Å². The maximum Gasteiger partial charge on any atom is 0.153 e. The summed E-state index contributed by atoms with van der Waals surface area (Å²) in [7, 11) is 0. The number of imidazole rings is 1. The number of allylic oxidation sites excluding steroid dienone is 1. The summed E-state index contributed by atoms with van der Waals surface area (Å²) in [5.41, 5.74) is 0.975. The number of rotatable bonds is 3. The van der Waals surface area contributed by atoms with Gasteiger partial charge in [-0.1, -0.05) is 13.2 Å². The van der Waals surface area contributed by atoms with Crippen LogP contribution >= 0.6 is 0 Å². The van der Waals surface area contributed by atoms with Crippen molar-refractivity contribution in [2.24, 2.45) is 5.10 Å². The lowest BCUT2D eigenvalue weighted by atomic mass is 10.5. The van der Waals surface area contributed by atoms with Gasteiger partial charge in [0.25, 0.3) is 0 Å². The maximum atomic E-state index is 4.09. The van der Waals surface area contributed by atoms with Crippen LogP contribution in [0.2, 0.25) is 0 Å². The molecule has 0 atom stereocenters. The summed E-state index contributed by atoms with van der Waals surface area (Å²) in [6, 6.07) is 0. The molecule has 3 nitrogen and oxygen atoms in total. The molecule has 1 rings (SSSR count). The van der Waals surface area contributed by atoms with Gasteiger partial charge in [0.2, 0.25) is 0 Å². The fourth-order valence-corrected chi connectivity index (χ4v) is 0.853. The predicted molar refractivity (Wildman–Crippen MR) is 51.1 cm³/mol. The first-order chi connectivity index (χ1) is 5.79. The fourth-order valence-electron chi connectivity index (χ4n) is 0.853. The molecule has 1 aromatic heterocycles. The molecule has 1 aromatic rings. The Kier molecular flexibility index (Phi) is 2.58. The summed E-state index contributed by atoms with van der Waals surface area (Å²) in [5, 5.41) is 4.09. The zero-order valence-electron chi connectivity index (χ0n) is 7.07. The Morgan fingerprint density at radius 3 is 2.92 bits per heavy atom. The Hall–Kier alpha value is -1.64. The highest BCUT2D eigenvalue weighted by Gasteiger charge is 1.99. The molecule has 0 N–H and O–H groups in total. The largest absolute Gasteiger partial charge is 0.235 e. The normalized spacial score (nSPS) is 10.4. The molecule has 0 unspecified atom stereocenters. The van der Waals surface area contributed by atoms with Gasteiger partial charge in [-0.2, -0.15) is 5.10 Å². The van der Waals surface area contributed by atoms with Gasteiger partial charge in [-0.15, -0.1) is 0 Å². The molecule has 0 radical (unpaired) electrons. The third kappa shape index (κ3) is 1.50. The number of aryl methyl sites for hydroxylation is 1. The monoisotopic (exact) mass is 161 g/mol. The second kappa shape index (κ2) is 3.67. The molecule has 0 aliphatic heterocycles. The smallest absolute Gasteiger partial charge is 0.153 e.